The lowest BCUT2D eigenvalue weighted by atomic mass is 10.1. The van der Waals surface area contributed by atoms with Crippen LogP contribution in [0.5, 0.6) is 0 Å². The van der Waals surface area contributed by atoms with Crippen LogP contribution in [-0.4, -0.2) is 43.4 Å². The zero-order valence-corrected chi connectivity index (χ0v) is 17.2. The summed E-state index contributed by atoms with van der Waals surface area (Å²) in [6.45, 7) is 4.58. The SMILES string of the molecule is CCn1c(SCC(=O)ON2C(=O)c3ccccc3C2=O)nnc1-c1ccccc1C. The van der Waals surface area contributed by atoms with Crippen molar-refractivity contribution in [1.29, 1.82) is 0 Å². The summed E-state index contributed by atoms with van der Waals surface area (Å²) in [7, 11) is 0. The first kappa shape index (κ1) is 19.8. The van der Waals surface area contributed by atoms with Gasteiger partial charge < -0.3 is 9.40 Å². The number of nitrogens with zero attached hydrogens (tertiary/aromatic N) is 4. The van der Waals surface area contributed by atoms with Crippen molar-refractivity contribution in [3.63, 3.8) is 0 Å². The number of hydrogen-bond donors (Lipinski definition) is 0. The van der Waals surface area contributed by atoms with E-state index in [-0.39, 0.29) is 16.9 Å². The van der Waals surface area contributed by atoms with Gasteiger partial charge in [-0.1, -0.05) is 53.2 Å². The number of imide groups is 1. The van der Waals surface area contributed by atoms with E-state index in [1.807, 2.05) is 42.7 Å². The second-order valence-corrected chi connectivity index (χ2v) is 7.51. The Morgan fingerprint density at radius 1 is 0.967 bits per heavy atom. The number of aryl methyl sites for hydroxylation is 1. The Morgan fingerprint density at radius 2 is 1.57 bits per heavy atom. The van der Waals surface area contributed by atoms with Crippen molar-refractivity contribution in [2.75, 3.05) is 5.75 Å². The fourth-order valence-electron chi connectivity index (χ4n) is 3.21. The molecule has 0 fully saturated rings. The molecule has 1 aliphatic heterocycles. The quantitative estimate of drug-likeness (QED) is 0.445. The number of benzene rings is 2. The number of carbonyl (C=O) groups excluding carboxylic acids is 3. The van der Waals surface area contributed by atoms with Gasteiger partial charge in [0.2, 0.25) is 0 Å². The van der Waals surface area contributed by atoms with Crippen molar-refractivity contribution in [2.24, 2.45) is 0 Å². The molecule has 8 nitrogen and oxygen atoms in total. The Bertz CT molecular complexity index is 1120. The standard InChI is InChI=1S/C21H18N4O4S/c1-3-24-18(14-9-5-4-8-13(14)2)22-23-21(24)30-12-17(26)29-25-19(27)15-10-6-7-11-16(15)20(25)28/h4-11H,3,12H2,1-2H3. The number of amides is 2. The first-order valence-corrected chi connectivity index (χ1v) is 10.3. The second kappa shape index (κ2) is 8.11. The monoisotopic (exact) mass is 422 g/mol. The van der Waals surface area contributed by atoms with Gasteiger partial charge in [0.05, 0.1) is 11.1 Å². The van der Waals surface area contributed by atoms with Crippen LogP contribution in [0.1, 0.15) is 33.2 Å². The average Bonchev–Trinajstić information content (AvgIpc) is 3.27. The maximum atomic E-state index is 12.3. The van der Waals surface area contributed by atoms with Crippen molar-refractivity contribution >= 4 is 29.5 Å². The van der Waals surface area contributed by atoms with Crippen LogP contribution in [0.25, 0.3) is 11.4 Å². The Kier molecular flexibility index (Phi) is 5.37. The van der Waals surface area contributed by atoms with Crippen LogP contribution in [0.4, 0.5) is 0 Å². The summed E-state index contributed by atoms with van der Waals surface area (Å²) < 4.78 is 1.91. The molecule has 0 saturated carbocycles. The molecular formula is C21H18N4O4S. The molecule has 4 rings (SSSR count). The molecule has 30 heavy (non-hydrogen) atoms. The minimum Gasteiger partial charge on any atom is -0.329 e. The van der Waals surface area contributed by atoms with Crippen molar-refractivity contribution in [3.8, 4) is 11.4 Å². The molecule has 1 aromatic heterocycles. The number of hydrogen-bond acceptors (Lipinski definition) is 7. The summed E-state index contributed by atoms with van der Waals surface area (Å²) in [4.78, 5) is 41.9. The number of rotatable bonds is 6. The Balaban J connectivity index is 1.45. The third-order valence-corrected chi connectivity index (χ3v) is 5.63. The van der Waals surface area contributed by atoms with Gasteiger partial charge in [0.1, 0.15) is 5.75 Å². The van der Waals surface area contributed by atoms with E-state index in [0.717, 1.165) is 22.9 Å². The highest BCUT2D eigenvalue weighted by molar-refractivity contribution is 7.99. The summed E-state index contributed by atoms with van der Waals surface area (Å²) >= 11 is 1.14. The van der Waals surface area contributed by atoms with E-state index in [9.17, 15) is 14.4 Å². The van der Waals surface area contributed by atoms with Crippen LogP contribution in [0, 0.1) is 6.92 Å². The smallest absolute Gasteiger partial charge is 0.329 e. The second-order valence-electron chi connectivity index (χ2n) is 6.57. The molecule has 1 aliphatic rings. The predicted octanol–water partition coefficient (Wildman–Crippen LogP) is 3.12. The first-order chi connectivity index (χ1) is 14.5. The summed E-state index contributed by atoms with van der Waals surface area (Å²) in [6, 6.07) is 14.2. The third kappa shape index (κ3) is 3.48. The van der Waals surface area contributed by atoms with Crippen molar-refractivity contribution < 1.29 is 19.2 Å². The Hall–Kier alpha value is -3.46. The highest BCUT2D eigenvalue weighted by Crippen LogP contribution is 2.27. The van der Waals surface area contributed by atoms with Crippen molar-refractivity contribution in [2.45, 2.75) is 25.5 Å². The average molecular weight is 422 g/mol. The summed E-state index contributed by atoms with van der Waals surface area (Å²) in [6.07, 6.45) is 0. The van der Waals surface area contributed by atoms with Gasteiger partial charge in [0, 0.05) is 12.1 Å². The van der Waals surface area contributed by atoms with Gasteiger partial charge in [-0.25, -0.2) is 4.79 Å². The molecule has 152 valence electrons. The zero-order chi connectivity index (χ0) is 21.3. The fraction of sp³-hybridized carbons (Fsp3) is 0.190. The molecule has 0 spiro atoms. The number of hydroxylamine groups is 2. The Morgan fingerprint density at radius 3 is 2.17 bits per heavy atom. The molecule has 0 radical (unpaired) electrons. The molecule has 0 N–H and O–H groups in total. The summed E-state index contributed by atoms with van der Waals surface area (Å²) in [5.74, 6) is -1.43. The minimum atomic E-state index is -0.724. The van der Waals surface area contributed by atoms with Gasteiger partial charge in [-0.15, -0.1) is 10.2 Å². The van der Waals surface area contributed by atoms with Crippen molar-refractivity contribution in [1.82, 2.24) is 19.8 Å². The molecule has 3 aromatic rings. The molecule has 0 saturated heterocycles. The third-order valence-electron chi connectivity index (χ3n) is 4.69. The molecule has 2 heterocycles. The van der Waals surface area contributed by atoms with Gasteiger partial charge in [0.25, 0.3) is 11.8 Å². The lowest BCUT2D eigenvalue weighted by Crippen LogP contribution is -2.33. The predicted molar refractivity (Wildman–Crippen MR) is 110 cm³/mol. The largest absolute Gasteiger partial charge is 0.343 e. The van der Waals surface area contributed by atoms with Crippen LogP contribution < -0.4 is 0 Å². The van der Waals surface area contributed by atoms with Crippen LogP contribution in [0.3, 0.4) is 0 Å². The lowest BCUT2D eigenvalue weighted by Gasteiger charge is -2.12. The van der Waals surface area contributed by atoms with Gasteiger partial charge in [-0.2, -0.15) is 0 Å². The highest BCUT2D eigenvalue weighted by Gasteiger charge is 2.38. The van der Waals surface area contributed by atoms with E-state index in [4.69, 9.17) is 4.84 Å². The summed E-state index contributed by atoms with van der Waals surface area (Å²) in [5.41, 5.74) is 2.47. The molecule has 0 atom stereocenters. The molecule has 2 amide bonds. The van der Waals surface area contributed by atoms with Crippen molar-refractivity contribution in [3.05, 3.63) is 65.2 Å². The van der Waals surface area contributed by atoms with E-state index < -0.39 is 17.8 Å². The van der Waals surface area contributed by atoms with Crippen LogP contribution in [-0.2, 0) is 16.2 Å². The molecule has 0 bridgehead atoms. The minimum absolute atomic E-state index is 0.126. The molecule has 2 aromatic carbocycles. The first-order valence-electron chi connectivity index (χ1n) is 9.32. The molecular weight excluding hydrogens is 404 g/mol. The number of thioether (sulfide) groups is 1. The van der Waals surface area contributed by atoms with Crippen LogP contribution >= 0.6 is 11.8 Å². The molecule has 0 aliphatic carbocycles. The number of fused-ring (bicyclic) bond motifs is 1. The van der Waals surface area contributed by atoms with E-state index in [0.29, 0.717) is 22.6 Å². The Labute approximate surface area is 176 Å². The van der Waals surface area contributed by atoms with Crippen LogP contribution in [0.15, 0.2) is 53.7 Å². The number of aromatic nitrogens is 3. The maximum absolute atomic E-state index is 12.3. The number of carbonyl (C=O) groups is 3. The topological polar surface area (TPSA) is 94.4 Å². The van der Waals surface area contributed by atoms with Gasteiger partial charge in [-0.3, -0.25) is 9.59 Å². The molecule has 9 heteroatoms. The van der Waals surface area contributed by atoms with E-state index >= 15 is 0 Å². The van der Waals surface area contributed by atoms with E-state index in [1.165, 1.54) is 12.1 Å². The highest BCUT2D eigenvalue weighted by atomic mass is 32.2. The van der Waals surface area contributed by atoms with Gasteiger partial charge in [-0.05, 0) is 31.5 Å². The van der Waals surface area contributed by atoms with E-state index in [2.05, 4.69) is 10.2 Å². The van der Waals surface area contributed by atoms with Gasteiger partial charge in [0.15, 0.2) is 11.0 Å². The maximum Gasteiger partial charge on any atom is 0.343 e. The zero-order valence-electron chi connectivity index (χ0n) is 16.4. The fourth-order valence-corrected chi connectivity index (χ4v) is 3.97. The summed E-state index contributed by atoms with van der Waals surface area (Å²) in [5, 5.41) is 9.52. The van der Waals surface area contributed by atoms with E-state index in [1.54, 1.807) is 12.1 Å². The van der Waals surface area contributed by atoms with Gasteiger partial charge >= 0.3 is 5.97 Å². The normalized spacial score (nSPS) is 12.9. The molecule has 0 unspecified atom stereocenters. The lowest BCUT2D eigenvalue weighted by molar-refractivity contribution is -0.165. The van der Waals surface area contributed by atoms with Crippen LogP contribution in [0.2, 0.25) is 0 Å².